The quantitative estimate of drug-likeness (QED) is 0.356. The van der Waals surface area contributed by atoms with Crippen molar-refractivity contribution in [2.24, 2.45) is 11.8 Å². The Kier molecular flexibility index (Phi) is 6.78. The van der Waals surface area contributed by atoms with E-state index in [9.17, 15) is 13.6 Å². The maximum absolute atomic E-state index is 13.5. The van der Waals surface area contributed by atoms with E-state index in [1.165, 1.54) is 43.5 Å². The Labute approximate surface area is 195 Å². The Balaban J connectivity index is 1.68. The number of carbonyl (C=O) groups is 1. The van der Waals surface area contributed by atoms with Gasteiger partial charge in [0.25, 0.3) is 0 Å². The number of carbonyl (C=O) groups excluding carboxylic acids is 1. The molecule has 3 heteroatoms. The van der Waals surface area contributed by atoms with Crippen LogP contribution >= 0.6 is 0 Å². The first kappa shape index (κ1) is 23.4. The molecule has 1 nitrogen and oxygen atoms in total. The Hall–Kier alpha value is -2.81. The van der Waals surface area contributed by atoms with E-state index in [-0.39, 0.29) is 17.4 Å². The second-order valence-corrected chi connectivity index (χ2v) is 10.2. The van der Waals surface area contributed by atoms with E-state index >= 15 is 0 Å². The Morgan fingerprint density at radius 1 is 0.818 bits per heavy atom. The summed E-state index contributed by atoms with van der Waals surface area (Å²) in [6, 6.07) is 18.9. The molecule has 0 bridgehead atoms. The van der Waals surface area contributed by atoms with Crippen LogP contribution in [0.15, 0.2) is 66.7 Å². The summed E-state index contributed by atoms with van der Waals surface area (Å²) in [5, 5.41) is 0. The monoisotopic (exact) mass is 446 g/mol. The Morgan fingerprint density at radius 2 is 1.33 bits per heavy atom. The van der Waals surface area contributed by atoms with Crippen molar-refractivity contribution in [2.45, 2.75) is 58.3 Å². The molecule has 1 aliphatic rings. The summed E-state index contributed by atoms with van der Waals surface area (Å²) in [4.78, 5) is 13.4. The smallest absolute Gasteiger partial charge is 0.142 e. The first-order chi connectivity index (χ1) is 15.7. The summed E-state index contributed by atoms with van der Waals surface area (Å²) in [5.74, 6) is 1.09. The van der Waals surface area contributed by atoms with Gasteiger partial charge in [-0.05, 0) is 96.7 Å². The summed E-state index contributed by atoms with van der Waals surface area (Å²) in [6.45, 7) is 6.28. The lowest BCUT2D eigenvalue weighted by atomic mass is 9.76. The number of ketones is 1. The second-order valence-electron chi connectivity index (χ2n) is 10.2. The van der Waals surface area contributed by atoms with Gasteiger partial charge in [-0.1, -0.05) is 56.2 Å². The van der Waals surface area contributed by atoms with E-state index in [0.29, 0.717) is 12.3 Å². The molecule has 0 saturated heterocycles. The summed E-state index contributed by atoms with van der Waals surface area (Å²) in [6.07, 6.45) is 5.25. The SMILES string of the molecule is C[C@@H]1CC[C@H](CCC(=O)C(C)(C)c2cc(-c3ccc(F)cc3)cc(-c3ccc(F)cc3)c2)C1. The molecular weight excluding hydrogens is 414 g/mol. The lowest BCUT2D eigenvalue weighted by molar-refractivity contribution is -0.123. The first-order valence-corrected chi connectivity index (χ1v) is 11.9. The topological polar surface area (TPSA) is 17.1 Å². The standard InChI is InChI=1S/C30H32F2O/c1-20-4-5-21(16-20)6-15-29(33)30(2,3)26-18-24(22-7-11-27(31)12-8-22)17-25(19-26)23-9-13-28(32)14-10-23/h7-14,17-21H,4-6,15-16H2,1-3H3/t20-,21-/m1/s1. The highest BCUT2D eigenvalue weighted by Gasteiger charge is 2.31. The van der Waals surface area contributed by atoms with Crippen LogP contribution in [0.2, 0.25) is 0 Å². The molecule has 0 aromatic heterocycles. The minimum atomic E-state index is -0.658. The largest absolute Gasteiger partial charge is 0.299 e. The van der Waals surface area contributed by atoms with Crippen LogP contribution in [-0.4, -0.2) is 5.78 Å². The van der Waals surface area contributed by atoms with Crippen molar-refractivity contribution in [1.29, 1.82) is 0 Å². The van der Waals surface area contributed by atoms with Gasteiger partial charge in [0.1, 0.15) is 17.4 Å². The maximum Gasteiger partial charge on any atom is 0.142 e. The van der Waals surface area contributed by atoms with E-state index in [0.717, 1.165) is 40.2 Å². The lowest BCUT2D eigenvalue weighted by Gasteiger charge is -2.26. The van der Waals surface area contributed by atoms with Crippen LogP contribution in [0.4, 0.5) is 8.78 Å². The van der Waals surface area contributed by atoms with Gasteiger partial charge in [0.15, 0.2) is 0 Å². The molecule has 3 aromatic carbocycles. The molecular formula is C30H32F2O. The lowest BCUT2D eigenvalue weighted by Crippen LogP contribution is -2.29. The fraction of sp³-hybridized carbons (Fsp3) is 0.367. The minimum Gasteiger partial charge on any atom is -0.299 e. The Morgan fingerprint density at radius 3 is 1.79 bits per heavy atom. The summed E-state index contributed by atoms with van der Waals surface area (Å²) < 4.78 is 27.0. The molecule has 172 valence electrons. The highest BCUT2D eigenvalue weighted by molar-refractivity contribution is 5.90. The zero-order chi connectivity index (χ0) is 23.6. The molecule has 0 spiro atoms. The molecule has 0 amide bonds. The molecule has 0 aliphatic heterocycles. The predicted molar refractivity (Wildman–Crippen MR) is 131 cm³/mol. The normalized spacial score (nSPS) is 18.5. The van der Waals surface area contributed by atoms with Crippen molar-refractivity contribution in [2.75, 3.05) is 0 Å². The van der Waals surface area contributed by atoms with Crippen LogP contribution in [0.1, 0.15) is 58.4 Å². The molecule has 0 radical (unpaired) electrons. The average Bonchev–Trinajstić information content (AvgIpc) is 3.23. The highest BCUT2D eigenvalue weighted by atomic mass is 19.1. The van der Waals surface area contributed by atoms with Crippen LogP contribution in [0.25, 0.3) is 22.3 Å². The van der Waals surface area contributed by atoms with Gasteiger partial charge in [0.05, 0.1) is 0 Å². The molecule has 1 saturated carbocycles. The fourth-order valence-corrected chi connectivity index (χ4v) is 5.00. The highest BCUT2D eigenvalue weighted by Crippen LogP contribution is 2.37. The third-order valence-electron chi connectivity index (χ3n) is 7.29. The first-order valence-electron chi connectivity index (χ1n) is 11.9. The van der Waals surface area contributed by atoms with Crippen LogP contribution in [0.3, 0.4) is 0 Å². The van der Waals surface area contributed by atoms with Gasteiger partial charge in [-0.25, -0.2) is 8.78 Å². The van der Waals surface area contributed by atoms with E-state index in [1.807, 2.05) is 32.0 Å². The molecule has 0 heterocycles. The van der Waals surface area contributed by atoms with Crippen LogP contribution in [0, 0.1) is 23.5 Å². The van der Waals surface area contributed by atoms with Crippen molar-refractivity contribution in [3.8, 4) is 22.3 Å². The molecule has 1 aliphatic carbocycles. The zero-order valence-corrected chi connectivity index (χ0v) is 19.7. The van der Waals surface area contributed by atoms with Gasteiger partial charge in [-0.2, -0.15) is 0 Å². The van der Waals surface area contributed by atoms with Gasteiger partial charge in [0, 0.05) is 11.8 Å². The third-order valence-corrected chi connectivity index (χ3v) is 7.29. The van der Waals surface area contributed by atoms with Crippen LogP contribution in [0.5, 0.6) is 0 Å². The Bertz CT molecular complexity index is 1050. The number of Topliss-reactive ketones (excluding diaryl/α,β-unsaturated/α-hetero) is 1. The van der Waals surface area contributed by atoms with E-state index in [4.69, 9.17) is 0 Å². The van der Waals surface area contributed by atoms with Crippen molar-refractivity contribution < 1.29 is 13.6 Å². The molecule has 1 fully saturated rings. The van der Waals surface area contributed by atoms with Gasteiger partial charge in [0.2, 0.25) is 0 Å². The zero-order valence-electron chi connectivity index (χ0n) is 19.7. The van der Waals surface area contributed by atoms with Gasteiger partial charge < -0.3 is 0 Å². The third kappa shape index (κ3) is 5.40. The number of rotatable bonds is 7. The molecule has 2 atom stereocenters. The summed E-state index contributed by atoms with van der Waals surface area (Å²) in [7, 11) is 0. The summed E-state index contributed by atoms with van der Waals surface area (Å²) >= 11 is 0. The van der Waals surface area contributed by atoms with Crippen LogP contribution < -0.4 is 0 Å². The molecule has 3 aromatic rings. The predicted octanol–water partition coefficient (Wildman–Crippen LogP) is 8.36. The number of hydrogen-bond acceptors (Lipinski definition) is 1. The van der Waals surface area contributed by atoms with E-state index in [1.54, 1.807) is 24.3 Å². The van der Waals surface area contributed by atoms with Gasteiger partial charge in [-0.3, -0.25) is 4.79 Å². The van der Waals surface area contributed by atoms with E-state index < -0.39 is 5.41 Å². The van der Waals surface area contributed by atoms with E-state index in [2.05, 4.69) is 6.92 Å². The van der Waals surface area contributed by atoms with Crippen molar-refractivity contribution in [3.05, 3.63) is 83.9 Å². The minimum absolute atomic E-state index is 0.239. The van der Waals surface area contributed by atoms with Gasteiger partial charge >= 0.3 is 0 Å². The van der Waals surface area contributed by atoms with Crippen LogP contribution in [-0.2, 0) is 10.2 Å². The number of hydrogen-bond donors (Lipinski definition) is 0. The molecule has 33 heavy (non-hydrogen) atoms. The molecule has 4 rings (SSSR count). The molecule has 0 unspecified atom stereocenters. The van der Waals surface area contributed by atoms with Crippen molar-refractivity contribution in [3.63, 3.8) is 0 Å². The number of benzene rings is 3. The second kappa shape index (κ2) is 9.59. The fourth-order valence-electron chi connectivity index (χ4n) is 5.00. The maximum atomic E-state index is 13.5. The number of halogens is 2. The summed E-state index contributed by atoms with van der Waals surface area (Å²) in [5.41, 5.74) is 3.85. The average molecular weight is 447 g/mol. The molecule has 0 N–H and O–H groups in total. The van der Waals surface area contributed by atoms with Crippen molar-refractivity contribution >= 4 is 5.78 Å². The van der Waals surface area contributed by atoms with Gasteiger partial charge in [-0.15, -0.1) is 0 Å². The van der Waals surface area contributed by atoms with Crippen molar-refractivity contribution in [1.82, 2.24) is 0 Å².